The second kappa shape index (κ2) is 3.23. The molecule has 1 aliphatic carbocycles. The Morgan fingerprint density at radius 3 is 2.47 bits per heavy atom. The van der Waals surface area contributed by atoms with Crippen LogP contribution in [0.2, 0.25) is 0 Å². The highest BCUT2D eigenvalue weighted by Crippen LogP contribution is 2.64. The van der Waals surface area contributed by atoms with E-state index in [1.165, 1.54) is 0 Å². The Labute approximate surface area is 99.4 Å². The van der Waals surface area contributed by atoms with Gasteiger partial charge in [-0.25, -0.2) is 0 Å². The standard InChI is InChI=1S/C12H12Cl2O/c1-8-4-3-5-9(6-8)10(15)11(2)7-12(11,13)14/h3-6H,7H2,1-2H3. The molecule has 0 saturated heterocycles. The van der Waals surface area contributed by atoms with E-state index in [0.717, 1.165) is 5.56 Å². The zero-order valence-electron chi connectivity index (χ0n) is 8.68. The van der Waals surface area contributed by atoms with Gasteiger partial charge in [-0.15, -0.1) is 23.2 Å². The molecular weight excluding hydrogens is 231 g/mol. The fourth-order valence-corrected chi connectivity index (χ4v) is 2.46. The number of alkyl halides is 2. The number of halogens is 2. The fraction of sp³-hybridized carbons (Fsp3) is 0.417. The summed E-state index contributed by atoms with van der Waals surface area (Å²) in [5.41, 5.74) is 1.16. The molecule has 0 amide bonds. The van der Waals surface area contributed by atoms with E-state index >= 15 is 0 Å². The van der Waals surface area contributed by atoms with Crippen molar-refractivity contribution in [1.29, 1.82) is 0 Å². The quantitative estimate of drug-likeness (QED) is 0.571. The largest absolute Gasteiger partial charge is 0.293 e. The molecule has 0 spiro atoms. The van der Waals surface area contributed by atoms with Crippen molar-refractivity contribution in [3.63, 3.8) is 0 Å². The molecule has 0 aromatic heterocycles. The molecule has 15 heavy (non-hydrogen) atoms. The predicted molar refractivity (Wildman–Crippen MR) is 62.7 cm³/mol. The Hall–Kier alpha value is -0.530. The predicted octanol–water partition coefficient (Wildman–Crippen LogP) is 3.76. The Balaban J connectivity index is 2.31. The summed E-state index contributed by atoms with van der Waals surface area (Å²) < 4.78 is -0.881. The van der Waals surface area contributed by atoms with Crippen molar-refractivity contribution in [3.8, 4) is 0 Å². The van der Waals surface area contributed by atoms with Crippen LogP contribution in [0.1, 0.15) is 29.3 Å². The van der Waals surface area contributed by atoms with Crippen LogP contribution < -0.4 is 0 Å². The first-order chi connectivity index (χ1) is 6.87. The minimum atomic E-state index is -0.881. The molecule has 0 radical (unpaired) electrons. The minimum Gasteiger partial charge on any atom is -0.293 e. The van der Waals surface area contributed by atoms with Gasteiger partial charge in [0.25, 0.3) is 0 Å². The number of carbonyl (C=O) groups is 1. The molecule has 80 valence electrons. The monoisotopic (exact) mass is 242 g/mol. The van der Waals surface area contributed by atoms with Gasteiger partial charge in [0.2, 0.25) is 0 Å². The number of hydrogen-bond acceptors (Lipinski definition) is 1. The van der Waals surface area contributed by atoms with Gasteiger partial charge in [-0.05, 0) is 26.3 Å². The van der Waals surface area contributed by atoms with Crippen molar-refractivity contribution in [2.45, 2.75) is 24.6 Å². The molecule has 1 aromatic rings. The Bertz CT molecular complexity index is 425. The molecule has 0 N–H and O–H groups in total. The average Bonchev–Trinajstić information content (AvgIpc) is 2.66. The van der Waals surface area contributed by atoms with E-state index < -0.39 is 9.75 Å². The second-order valence-electron chi connectivity index (χ2n) is 4.41. The van der Waals surface area contributed by atoms with E-state index in [1.54, 1.807) is 0 Å². The number of ketones is 1. The number of benzene rings is 1. The van der Waals surface area contributed by atoms with Crippen LogP contribution in [0, 0.1) is 12.3 Å². The van der Waals surface area contributed by atoms with E-state index in [1.807, 2.05) is 38.1 Å². The summed E-state index contributed by atoms with van der Waals surface area (Å²) in [6, 6.07) is 7.51. The fourth-order valence-electron chi connectivity index (χ4n) is 1.75. The lowest BCUT2D eigenvalue weighted by molar-refractivity contribution is 0.0911. The van der Waals surface area contributed by atoms with Crippen molar-refractivity contribution < 1.29 is 4.79 Å². The summed E-state index contributed by atoms with van der Waals surface area (Å²) >= 11 is 12.0. The molecule has 1 nitrogen and oxygen atoms in total. The van der Waals surface area contributed by atoms with Crippen LogP contribution in [0.4, 0.5) is 0 Å². The highest BCUT2D eigenvalue weighted by molar-refractivity contribution is 6.53. The Morgan fingerprint density at radius 1 is 1.40 bits per heavy atom. The van der Waals surface area contributed by atoms with Crippen LogP contribution in [-0.4, -0.2) is 10.1 Å². The van der Waals surface area contributed by atoms with E-state index in [9.17, 15) is 4.79 Å². The van der Waals surface area contributed by atoms with Gasteiger partial charge >= 0.3 is 0 Å². The summed E-state index contributed by atoms with van der Waals surface area (Å²) in [5.74, 6) is 0.0381. The Kier molecular flexibility index (Phi) is 2.36. The van der Waals surface area contributed by atoms with E-state index in [2.05, 4.69) is 0 Å². The van der Waals surface area contributed by atoms with Gasteiger partial charge < -0.3 is 0 Å². The van der Waals surface area contributed by atoms with Crippen LogP contribution in [0.15, 0.2) is 24.3 Å². The maximum Gasteiger partial charge on any atom is 0.171 e. The summed E-state index contributed by atoms with van der Waals surface area (Å²) in [6.45, 7) is 3.78. The maximum atomic E-state index is 12.1. The van der Waals surface area contributed by atoms with E-state index in [4.69, 9.17) is 23.2 Å². The Morgan fingerprint density at radius 2 is 2.00 bits per heavy atom. The average molecular weight is 243 g/mol. The van der Waals surface area contributed by atoms with Gasteiger partial charge in [-0.2, -0.15) is 0 Å². The molecule has 1 aliphatic rings. The van der Waals surface area contributed by atoms with E-state index in [-0.39, 0.29) is 5.78 Å². The van der Waals surface area contributed by atoms with Gasteiger partial charge in [0, 0.05) is 5.56 Å². The van der Waals surface area contributed by atoms with Crippen LogP contribution in [0.3, 0.4) is 0 Å². The highest BCUT2D eigenvalue weighted by atomic mass is 35.5. The smallest absolute Gasteiger partial charge is 0.171 e. The normalized spacial score (nSPS) is 27.5. The molecule has 1 aromatic carbocycles. The van der Waals surface area contributed by atoms with E-state index in [0.29, 0.717) is 12.0 Å². The van der Waals surface area contributed by atoms with Crippen LogP contribution in [-0.2, 0) is 0 Å². The molecular formula is C12H12Cl2O. The first kappa shape index (κ1) is 11.0. The zero-order chi connectivity index (χ0) is 11.3. The van der Waals surface area contributed by atoms with Crippen molar-refractivity contribution in [1.82, 2.24) is 0 Å². The van der Waals surface area contributed by atoms with Crippen LogP contribution in [0.5, 0.6) is 0 Å². The molecule has 1 saturated carbocycles. The molecule has 0 bridgehead atoms. The number of Topliss-reactive ketones (excluding diaryl/α,β-unsaturated/α-hetero) is 1. The van der Waals surface area contributed by atoms with Crippen molar-refractivity contribution in [2.24, 2.45) is 5.41 Å². The molecule has 2 rings (SSSR count). The van der Waals surface area contributed by atoms with Gasteiger partial charge in [-0.1, -0.05) is 23.8 Å². The van der Waals surface area contributed by atoms with Crippen LogP contribution in [0.25, 0.3) is 0 Å². The second-order valence-corrected chi connectivity index (χ2v) is 5.90. The minimum absolute atomic E-state index is 0.0381. The molecule has 0 aliphatic heterocycles. The summed E-state index contributed by atoms with van der Waals surface area (Å²) in [4.78, 5) is 12.1. The number of aryl methyl sites for hydroxylation is 1. The molecule has 0 heterocycles. The topological polar surface area (TPSA) is 17.1 Å². The summed E-state index contributed by atoms with van der Waals surface area (Å²) in [7, 11) is 0. The van der Waals surface area contributed by atoms with Crippen molar-refractivity contribution in [2.75, 3.05) is 0 Å². The number of rotatable bonds is 2. The lowest BCUT2D eigenvalue weighted by atomic mass is 9.96. The third-order valence-electron chi connectivity index (χ3n) is 3.04. The van der Waals surface area contributed by atoms with Crippen molar-refractivity contribution in [3.05, 3.63) is 35.4 Å². The summed E-state index contributed by atoms with van der Waals surface area (Å²) in [5, 5.41) is 0. The van der Waals surface area contributed by atoms with Gasteiger partial charge in [0.05, 0.1) is 5.41 Å². The molecule has 1 unspecified atom stereocenters. The lowest BCUT2D eigenvalue weighted by Gasteiger charge is -2.10. The van der Waals surface area contributed by atoms with Gasteiger partial charge in [0.15, 0.2) is 5.78 Å². The third-order valence-corrected chi connectivity index (χ3v) is 4.14. The SMILES string of the molecule is Cc1cccc(C(=O)C2(C)CC2(Cl)Cl)c1. The van der Waals surface area contributed by atoms with Crippen molar-refractivity contribution >= 4 is 29.0 Å². The summed E-state index contributed by atoms with van der Waals surface area (Å²) in [6.07, 6.45) is 0.538. The number of carbonyl (C=O) groups excluding carboxylic acids is 1. The van der Waals surface area contributed by atoms with Crippen LogP contribution >= 0.6 is 23.2 Å². The third kappa shape index (κ3) is 1.68. The molecule has 1 atom stereocenters. The first-order valence-corrected chi connectivity index (χ1v) is 5.62. The lowest BCUT2D eigenvalue weighted by Crippen LogP contribution is -2.18. The maximum absolute atomic E-state index is 12.1. The molecule has 1 fully saturated rings. The highest BCUT2D eigenvalue weighted by Gasteiger charge is 2.67. The van der Waals surface area contributed by atoms with Gasteiger partial charge in [-0.3, -0.25) is 4.79 Å². The van der Waals surface area contributed by atoms with Gasteiger partial charge in [0.1, 0.15) is 4.33 Å². The zero-order valence-corrected chi connectivity index (χ0v) is 10.2. The first-order valence-electron chi connectivity index (χ1n) is 4.86. The number of hydrogen-bond donors (Lipinski definition) is 0. The molecule has 3 heteroatoms.